The number of thiocarbonyl (C=S) groups is 1. The summed E-state index contributed by atoms with van der Waals surface area (Å²) in [6, 6.07) is 0. The van der Waals surface area contributed by atoms with Gasteiger partial charge in [0.05, 0.1) is 0 Å². The molecule has 0 rings (SSSR count). The van der Waals surface area contributed by atoms with Crippen molar-refractivity contribution in [1.29, 1.82) is 0 Å². The fourth-order valence-corrected chi connectivity index (χ4v) is 3.99. The molecule has 0 amide bonds. The van der Waals surface area contributed by atoms with Gasteiger partial charge in [-0.2, -0.15) is 0 Å². The first-order valence-electron chi connectivity index (χ1n) is 10.7. The van der Waals surface area contributed by atoms with Crippen LogP contribution in [-0.2, 0) is 19.5 Å². The largest absolute Gasteiger partial charge is 0.371 e. The molecule has 0 unspecified atom stereocenters. The molecule has 146 valence electrons. The van der Waals surface area contributed by atoms with Crippen molar-refractivity contribution in [3.63, 3.8) is 0 Å². The van der Waals surface area contributed by atoms with Crippen LogP contribution in [0.15, 0.2) is 0 Å². The summed E-state index contributed by atoms with van der Waals surface area (Å²) >= 11 is 7.25. The van der Waals surface area contributed by atoms with Gasteiger partial charge in [0.1, 0.15) is 4.32 Å². The standard InChI is InChI=1S/C21H43NS2.Zn/c1-3-5-7-9-11-13-15-17-19-22-21(23)24-20-18-16-14-12-10-8-6-4-2;/h3-20H2,1-2H3,(H,22,23);. The zero-order valence-electron chi connectivity index (χ0n) is 17.3. The van der Waals surface area contributed by atoms with Crippen molar-refractivity contribution in [3.8, 4) is 0 Å². The molecule has 0 fully saturated rings. The topological polar surface area (TPSA) is 12.0 Å². The summed E-state index contributed by atoms with van der Waals surface area (Å²) in [5.74, 6) is 1.19. The Morgan fingerprint density at radius 2 is 1.04 bits per heavy atom. The summed E-state index contributed by atoms with van der Waals surface area (Å²) in [5.41, 5.74) is 0. The van der Waals surface area contributed by atoms with Crippen molar-refractivity contribution in [2.45, 2.75) is 117 Å². The van der Waals surface area contributed by atoms with Gasteiger partial charge in [0.25, 0.3) is 0 Å². The summed E-state index contributed by atoms with van der Waals surface area (Å²) in [7, 11) is 0. The smallest absolute Gasteiger partial charge is 0.133 e. The molecule has 4 heteroatoms. The minimum Gasteiger partial charge on any atom is -0.371 e. The maximum atomic E-state index is 5.40. The first-order chi connectivity index (χ1) is 11.8. The Morgan fingerprint density at radius 3 is 1.52 bits per heavy atom. The van der Waals surface area contributed by atoms with Gasteiger partial charge in [-0.3, -0.25) is 0 Å². The molecule has 0 saturated carbocycles. The van der Waals surface area contributed by atoms with E-state index in [4.69, 9.17) is 12.2 Å². The van der Waals surface area contributed by atoms with E-state index in [-0.39, 0.29) is 19.5 Å². The van der Waals surface area contributed by atoms with Gasteiger partial charge in [-0.1, -0.05) is 128 Å². The average Bonchev–Trinajstić information content (AvgIpc) is 2.59. The van der Waals surface area contributed by atoms with Crippen molar-refractivity contribution in [2.75, 3.05) is 12.3 Å². The van der Waals surface area contributed by atoms with E-state index >= 15 is 0 Å². The van der Waals surface area contributed by atoms with Crippen LogP contribution < -0.4 is 5.32 Å². The minimum absolute atomic E-state index is 0. The molecule has 0 bridgehead atoms. The van der Waals surface area contributed by atoms with Crippen molar-refractivity contribution < 1.29 is 19.5 Å². The molecular formula is C21H43NS2Zn. The van der Waals surface area contributed by atoms with Gasteiger partial charge >= 0.3 is 0 Å². The fraction of sp³-hybridized carbons (Fsp3) is 0.952. The van der Waals surface area contributed by atoms with Crippen LogP contribution in [-0.4, -0.2) is 16.6 Å². The van der Waals surface area contributed by atoms with E-state index in [0.717, 1.165) is 10.9 Å². The van der Waals surface area contributed by atoms with E-state index < -0.39 is 0 Å². The predicted octanol–water partition coefficient (Wildman–Crippen LogP) is 7.87. The van der Waals surface area contributed by atoms with E-state index in [1.165, 1.54) is 108 Å². The molecule has 0 aliphatic carbocycles. The molecule has 0 saturated heterocycles. The van der Waals surface area contributed by atoms with Crippen LogP contribution >= 0.6 is 24.0 Å². The van der Waals surface area contributed by atoms with Gasteiger partial charge in [0.15, 0.2) is 0 Å². The van der Waals surface area contributed by atoms with Crippen LogP contribution in [0.4, 0.5) is 0 Å². The molecule has 1 nitrogen and oxygen atoms in total. The number of hydrogen-bond acceptors (Lipinski definition) is 2. The van der Waals surface area contributed by atoms with Crippen molar-refractivity contribution in [3.05, 3.63) is 0 Å². The molecule has 0 aliphatic rings. The maximum absolute atomic E-state index is 5.40. The second kappa shape index (κ2) is 24.9. The van der Waals surface area contributed by atoms with Crippen LogP contribution in [0.25, 0.3) is 0 Å². The van der Waals surface area contributed by atoms with Gasteiger partial charge < -0.3 is 5.32 Å². The summed E-state index contributed by atoms with van der Waals surface area (Å²) in [6.45, 7) is 5.63. The number of thioether (sulfide) groups is 1. The van der Waals surface area contributed by atoms with Crippen molar-refractivity contribution in [1.82, 2.24) is 5.32 Å². The van der Waals surface area contributed by atoms with Gasteiger partial charge in [-0.25, -0.2) is 0 Å². The van der Waals surface area contributed by atoms with Crippen molar-refractivity contribution >= 4 is 28.3 Å². The van der Waals surface area contributed by atoms with Crippen LogP contribution in [0, 0.1) is 0 Å². The average molecular weight is 439 g/mol. The van der Waals surface area contributed by atoms with E-state index in [2.05, 4.69) is 19.2 Å². The normalized spacial score (nSPS) is 10.5. The number of unbranched alkanes of at least 4 members (excludes halogenated alkanes) is 14. The third-order valence-electron chi connectivity index (χ3n) is 4.53. The second-order valence-electron chi connectivity index (χ2n) is 7.01. The molecule has 0 aliphatic heterocycles. The second-order valence-corrected chi connectivity index (χ2v) is 8.78. The molecule has 0 aromatic rings. The van der Waals surface area contributed by atoms with Gasteiger partial charge in [0, 0.05) is 31.8 Å². The van der Waals surface area contributed by atoms with Crippen LogP contribution in [0.1, 0.15) is 117 Å². The minimum atomic E-state index is 0. The number of rotatable bonds is 18. The molecule has 0 aromatic heterocycles. The number of hydrogen-bond donors (Lipinski definition) is 1. The zero-order valence-corrected chi connectivity index (χ0v) is 21.9. The van der Waals surface area contributed by atoms with E-state index in [1.807, 2.05) is 11.8 Å². The third kappa shape index (κ3) is 24.9. The molecule has 25 heavy (non-hydrogen) atoms. The third-order valence-corrected chi connectivity index (χ3v) is 5.93. The fourth-order valence-electron chi connectivity index (χ4n) is 2.90. The Balaban J connectivity index is 0. The molecule has 0 radical (unpaired) electrons. The van der Waals surface area contributed by atoms with Crippen LogP contribution in [0.3, 0.4) is 0 Å². The molecular weight excluding hydrogens is 396 g/mol. The summed E-state index contributed by atoms with van der Waals surface area (Å²) < 4.78 is 1.01. The molecule has 0 heterocycles. The predicted molar refractivity (Wildman–Crippen MR) is 118 cm³/mol. The zero-order chi connectivity index (χ0) is 17.7. The maximum Gasteiger partial charge on any atom is 0.133 e. The quantitative estimate of drug-likeness (QED) is 0.133. The van der Waals surface area contributed by atoms with E-state index in [0.29, 0.717) is 0 Å². The van der Waals surface area contributed by atoms with Gasteiger partial charge in [0.2, 0.25) is 0 Å². The molecule has 0 aromatic carbocycles. The van der Waals surface area contributed by atoms with E-state index in [9.17, 15) is 0 Å². The summed E-state index contributed by atoms with van der Waals surface area (Å²) in [5, 5.41) is 3.41. The Kier molecular flexibility index (Phi) is 27.9. The van der Waals surface area contributed by atoms with Gasteiger partial charge in [-0.15, -0.1) is 0 Å². The number of nitrogens with one attached hydrogen (secondary N) is 1. The first kappa shape index (κ1) is 28.1. The Bertz CT molecular complexity index is 238. The summed E-state index contributed by atoms with van der Waals surface area (Å²) in [4.78, 5) is 0. The Hall–Kier alpha value is 0.863. The van der Waals surface area contributed by atoms with Crippen molar-refractivity contribution in [2.24, 2.45) is 0 Å². The Morgan fingerprint density at radius 1 is 0.640 bits per heavy atom. The van der Waals surface area contributed by atoms with Crippen LogP contribution in [0.2, 0.25) is 0 Å². The monoisotopic (exact) mass is 437 g/mol. The molecule has 1 N–H and O–H groups in total. The summed E-state index contributed by atoms with van der Waals surface area (Å²) in [6.07, 6.45) is 22.2. The Labute approximate surface area is 181 Å². The van der Waals surface area contributed by atoms with Crippen LogP contribution in [0.5, 0.6) is 0 Å². The first-order valence-corrected chi connectivity index (χ1v) is 12.1. The van der Waals surface area contributed by atoms with E-state index in [1.54, 1.807) is 0 Å². The van der Waals surface area contributed by atoms with Gasteiger partial charge in [-0.05, 0) is 12.8 Å². The molecule has 0 spiro atoms. The molecule has 0 atom stereocenters. The SMILES string of the molecule is CCCCCCCCCCNC(=S)SCCCCCCCCCC.[Zn].